The van der Waals surface area contributed by atoms with E-state index in [4.69, 9.17) is 4.52 Å². The molecule has 0 saturated heterocycles. The highest BCUT2D eigenvalue weighted by Gasteiger charge is 2.20. The number of rotatable bonds is 5. The van der Waals surface area contributed by atoms with E-state index < -0.39 is 12.5 Å². The molecule has 0 spiro atoms. The van der Waals surface area contributed by atoms with E-state index in [-0.39, 0.29) is 17.6 Å². The number of nitrogens with zero attached hydrogens (tertiary/aromatic N) is 1. The molecule has 0 saturated carbocycles. The van der Waals surface area contributed by atoms with Gasteiger partial charge in [-0.25, -0.2) is 4.57 Å². The van der Waals surface area contributed by atoms with E-state index >= 15 is 0 Å². The molecule has 0 heterocycles. The Balaban J connectivity index is 3.09. The summed E-state index contributed by atoms with van der Waals surface area (Å²) in [7, 11) is -3.64. The molecule has 0 aromatic heterocycles. The highest BCUT2D eigenvalue weighted by molar-refractivity contribution is 7.53. The Morgan fingerprint density at radius 1 is 1.47 bits per heavy atom. The van der Waals surface area contributed by atoms with Gasteiger partial charge in [0.25, 0.3) is 5.69 Å². The number of hydrogen-bond acceptors (Lipinski definition) is 4. The van der Waals surface area contributed by atoms with Crippen molar-refractivity contribution in [2.75, 3.05) is 6.16 Å². The van der Waals surface area contributed by atoms with Crippen molar-refractivity contribution in [2.24, 2.45) is 0 Å². The summed E-state index contributed by atoms with van der Waals surface area (Å²) in [5.41, 5.74) is 0.486. The molecule has 0 bridgehead atoms. The zero-order valence-electron chi connectivity index (χ0n) is 9.62. The molecule has 1 unspecified atom stereocenters. The molecule has 17 heavy (non-hydrogen) atoms. The zero-order chi connectivity index (χ0) is 13.1. The Morgan fingerprint density at radius 2 is 2.12 bits per heavy atom. The Kier molecular flexibility index (Phi) is 4.26. The number of hydrogen-bond donors (Lipinski definition) is 1. The van der Waals surface area contributed by atoms with E-state index in [1.165, 1.54) is 25.1 Å². The van der Waals surface area contributed by atoms with Crippen molar-refractivity contribution < 1.29 is 18.9 Å². The fourth-order valence-corrected chi connectivity index (χ4v) is 1.88. The van der Waals surface area contributed by atoms with Gasteiger partial charge in [0.1, 0.15) is 5.75 Å². The lowest BCUT2D eigenvalue weighted by atomic mass is 10.1. The van der Waals surface area contributed by atoms with Crippen LogP contribution in [0.2, 0.25) is 0 Å². The van der Waals surface area contributed by atoms with Gasteiger partial charge in [0.15, 0.2) is 0 Å². The second-order valence-electron chi connectivity index (χ2n) is 3.45. The van der Waals surface area contributed by atoms with Crippen LogP contribution in [0.4, 0.5) is 5.69 Å². The van der Waals surface area contributed by atoms with Crippen LogP contribution in [0.1, 0.15) is 19.4 Å². The van der Waals surface area contributed by atoms with Crippen LogP contribution in [0.3, 0.4) is 0 Å². The highest BCUT2D eigenvalue weighted by Crippen LogP contribution is 2.43. The monoisotopic (exact) mass is 259 g/mol. The predicted molar refractivity (Wildman–Crippen MR) is 63.5 cm³/mol. The maximum Gasteiger partial charge on any atom is 0.376 e. The Hall–Kier alpha value is -1.39. The largest absolute Gasteiger partial charge is 0.424 e. The summed E-state index contributed by atoms with van der Waals surface area (Å²) >= 11 is 0. The first-order valence-electron chi connectivity index (χ1n) is 5.18. The van der Waals surface area contributed by atoms with Gasteiger partial charge in [-0.3, -0.25) is 10.1 Å². The fraction of sp³-hybridized carbons (Fsp3) is 0.400. The van der Waals surface area contributed by atoms with Crippen molar-refractivity contribution in [3.05, 3.63) is 33.9 Å². The molecule has 0 aliphatic rings. The Bertz CT molecular complexity index is 474. The number of benzene rings is 1. The van der Waals surface area contributed by atoms with Crippen LogP contribution in [0.15, 0.2) is 18.2 Å². The lowest BCUT2D eigenvalue weighted by molar-refractivity contribution is -0.384. The number of aryl methyl sites for hydroxylation is 1. The van der Waals surface area contributed by atoms with E-state index in [1.807, 2.05) is 0 Å². The van der Waals surface area contributed by atoms with E-state index in [9.17, 15) is 19.6 Å². The van der Waals surface area contributed by atoms with E-state index in [0.717, 1.165) is 0 Å². The van der Waals surface area contributed by atoms with Crippen LogP contribution in [0.5, 0.6) is 5.75 Å². The zero-order valence-corrected chi connectivity index (χ0v) is 10.5. The van der Waals surface area contributed by atoms with Gasteiger partial charge in [-0.1, -0.05) is 13.8 Å². The van der Waals surface area contributed by atoms with Crippen molar-refractivity contribution >= 4 is 13.3 Å². The summed E-state index contributed by atoms with van der Waals surface area (Å²) in [6.45, 7) is 3.33. The number of non-ortho nitro benzene ring substituents is 1. The van der Waals surface area contributed by atoms with Gasteiger partial charge in [-0.2, -0.15) is 0 Å². The van der Waals surface area contributed by atoms with Crippen LogP contribution in [-0.2, 0) is 11.0 Å². The standard InChI is InChI=1S/C10H14NO5P/c1-3-8-7-9(11(12)13)5-6-10(8)16-17(14,15)4-2/h5-7H,3-4H2,1-2H3,(H,14,15). The summed E-state index contributed by atoms with van der Waals surface area (Å²) < 4.78 is 16.4. The first kappa shape index (κ1) is 13.7. The summed E-state index contributed by atoms with van der Waals surface area (Å²) in [4.78, 5) is 19.4. The molecule has 0 amide bonds. The molecule has 1 atom stereocenters. The quantitative estimate of drug-likeness (QED) is 0.498. The van der Waals surface area contributed by atoms with Gasteiger partial charge < -0.3 is 9.42 Å². The lowest BCUT2D eigenvalue weighted by Crippen LogP contribution is -1.98. The first-order chi connectivity index (χ1) is 7.89. The Labute approximate surface area is 98.9 Å². The van der Waals surface area contributed by atoms with Gasteiger partial charge in [-0.15, -0.1) is 0 Å². The molecule has 1 rings (SSSR count). The van der Waals surface area contributed by atoms with Gasteiger partial charge in [0.05, 0.1) is 11.1 Å². The average Bonchev–Trinajstić information content (AvgIpc) is 2.29. The van der Waals surface area contributed by atoms with Crippen molar-refractivity contribution in [1.29, 1.82) is 0 Å². The van der Waals surface area contributed by atoms with Crippen LogP contribution in [0.25, 0.3) is 0 Å². The van der Waals surface area contributed by atoms with Gasteiger partial charge in [0.2, 0.25) is 0 Å². The van der Waals surface area contributed by atoms with Crippen molar-refractivity contribution in [2.45, 2.75) is 20.3 Å². The highest BCUT2D eigenvalue weighted by atomic mass is 31.2. The normalized spacial score (nSPS) is 14.1. The second kappa shape index (κ2) is 5.29. The minimum absolute atomic E-state index is 0.00680. The molecule has 0 aliphatic carbocycles. The minimum atomic E-state index is -3.64. The smallest absolute Gasteiger partial charge is 0.376 e. The third kappa shape index (κ3) is 3.54. The summed E-state index contributed by atoms with van der Waals surface area (Å²) in [6.07, 6.45) is 0.480. The maximum absolute atomic E-state index is 11.4. The molecule has 1 aromatic rings. The SMILES string of the molecule is CCc1cc([N+](=O)[O-])ccc1OP(=O)(O)CC. The molecule has 1 N–H and O–H groups in total. The van der Waals surface area contributed by atoms with E-state index in [0.29, 0.717) is 12.0 Å². The van der Waals surface area contributed by atoms with Crippen LogP contribution < -0.4 is 4.52 Å². The number of nitro groups is 1. The molecular formula is C10H14NO5P. The van der Waals surface area contributed by atoms with E-state index in [2.05, 4.69) is 0 Å². The van der Waals surface area contributed by atoms with Crippen molar-refractivity contribution in [3.8, 4) is 5.75 Å². The van der Waals surface area contributed by atoms with Gasteiger partial charge in [-0.05, 0) is 12.5 Å². The number of nitro benzene ring substituents is 1. The first-order valence-corrected chi connectivity index (χ1v) is 6.94. The predicted octanol–water partition coefficient (Wildman–Crippen LogP) is 2.74. The molecule has 6 nitrogen and oxygen atoms in total. The van der Waals surface area contributed by atoms with Crippen molar-refractivity contribution in [3.63, 3.8) is 0 Å². The lowest BCUT2D eigenvalue weighted by Gasteiger charge is -2.14. The average molecular weight is 259 g/mol. The molecule has 0 fully saturated rings. The molecule has 1 aromatic carbocycles. The summed E-state index contributed by atoms with van der Waals surface area (Å²) in [5.74, 6) is 0.228. The topological polar surface area (TPSA) is 89.7 Å². The Morgan fingerprint density at radius 3 is 2.59 bits per heavy atom. The molecular weight excluding hydrogens is 245 g/mol. The molecule has 94 valence electrons. The van der Waals surface area contributed by atoms with E-state index in [1.54, 1.807) is 6.92 Å². The molecule has 0 radical (unpaired) electrons. The molecule has 7 heteroatoms. The van der Waals surface area contributed by atoms with Crippen LogP contribution in [-0.4, -0.2) is 16.0 Å². The van der Waals surface area contributed by atoms with Crippen LogP contribution in [0, 0.1) is 10.1 Å². The van der Waals surface area contributed by atoms with Gasteiger partial charge in [0, 0.05) is 17.7 Å². The van der Waals surface area contributed by atoms with Crippen molar-refractivity contribution in [1.82, 2.24) is 0 Å². The fourth-order valence-electron chi connectivity index (χ4n) is 1.26. The third-order valence-electron chi connectivity index (χ3n) is 2.28. The minimum Gasteiger partial charge on any atom is -0.424 e. The maximum atomic E-state index is 11.4. The molecule has 0 aliphatic heterocycles. The van der Waals surface area contributed by atoms with Crippen LogP contribution >= 0.6 is 7.60 Å². The third-order valence-corrected chi connectivity index (χ3v) is 3.56. The second-order valence-corrected chi connectivity index (χ2v) is 5.54. The van der Waals surface area contributed by atoms with Gasteiger partial charge >= 0.3 is 7.60 Å². The summed E-state index contributed by atoms with van der Waals surface area (Å²) in [5, 5.41) is 10.6. The summed E-state index contributed by atoms with van der Waals surface area (Å²) in [6, 6.07) is 3.96.